The Labute approximate surface area is 211 Å². The number of ether oxygens (including phenoxy) is 2. The SMILES string of the molecule is CC[C@H]1Oc2ccc(NC(=O)Nc3cccc(OC)c3)cc2CN([C@@H]2CCCc3ccccc32)C1=O. The predicted molar refractivity (Wildman–Crippen MR) is 139 cm³/mol. The van der Waals surface area contributed by atoms with Gasteiger partial charge in [-0.15, -0.1) is 0 Å². The summed E-state index contributed by atoms with van der Waals surface area (Å²) in [6.07, 6.45) is 3.06. The average molecular weight is 486 g/mol. The molecule has 1 aliphatic carbocycles. The first-order valence-electron chi connectivity index (χ1n) is 12.5. The fourth-order valence-electron chi connectivity index (χ4n) is 5.11. The summed E-state index contributed by atoms with van der Waals surface area (Å²) in [6, 6.07) is 20.8. The molecule has 0 bridgehead atoms. The molecule has 3 amide bonds. The van der Waals surface area contributed by atoms with Gasteiger partial charge in [0.05, 0.1) is 19.7 Å². The molecule has 0 spiro atoms. The molecule has 2 N–H and O–H groups in total. The number of urea groups is 1. The fourth-order valence-corrected chi connectivity index (χ4v) is 5.11. The topological polar surface area (TPSA) is 79.9 Å². The van der Waals surface area contributed by atoms with Crippen LogP contribution in [-0.2, 0) is 17.8 Å². The van der Waals surface area contributed by atoms with Crippen molar-refractivity contribution in [3.63, 3.8) is 0 Å². The lowest BCUT2D eigenvalue weighted by Gasteiger charge is -2.36. The van der Waals surface area contributed by atoms with Crippen LogP contribution in [0.1, 0.15) is 48.9 Å². The Bertz CT molecular complexity index is 1270. The zero-order valence-corrected chi connectivity index (χ0v) is 20.6. The van der Waals surface area contributed by atoms with Crippen molar-refractivity contribution in [3.8, 4) is 11.5 Å². The van der Waals surface area contributed by atoms with Crippen LogP contribution in [0.25, 0.3) is 0 Å². The van der Waals surface area contributed by atoms with Crippen LogP contribution >= 0.6 is 0 Å². The molecule has 186 valence electrons. The second-order valence-corrected chi connectivity index (χ2v) is 9.22. The molecule has 2 aliphatic rings. The Morgan fingerprint density at radius 3 is 2.64 bits per heavy atom. The van der Waals surface area contributed by atoms with E-state index in [-0.39, 0.29) is 18.0 Å². The highest BCUT2D eigenvalue weighted by Crippen LogP contribution is 2.39. The van der Waals surface area contributed by atoms with E-state index in [2.05, 4.69) is 28.8 Å². The molecule has 7 heteroatoms. The molecule has 36 heavy (non-hydrogen) atoms. The van der Waals surface area contributed by atoms with Crippen LogP contribution in [0.15, 0.2) is 66.7 Å². The van der Waals surface area contributed by atoms with E-state index in [1.54, 1.807) is 25.3 Å². The van der Waals surface area contributed by atoms with E-state index in [1.807, 2.05) is 42.2 Å². The van der Waals surface area contributed by atoms with Crippen molar-refractivity contribution in [3.05, 3.63) is 83.4 Å². The predicted octanol–water partition coefficient (Wildman–Crippen LogP) is 5.92. The number of anilines is 2. The highest BCUT2D eigenvalue weighted by molar-refractivity contribution is 6.00. The Balaban J connectivity index is 1.39. The van der Waals surface area contributed by atoms with Crippen molar-refractivity contribution in [2.45, 2.75) is 51.3 Å². The number of aryl methyl sites for hydroxylation is 1. The van der Waals surface area contributed by atoms with Crippen molar-refractivity contribution in [1.29, 1.82) is 0 Å². The van der Waals surface area contributed by atoms with Crippen LogP contribution in [0.2, 0.25) is 0 Å². The van der Waals surface area contributed by atoms with Gasteiger partial charge in [-0.2, -0.15) is 0 Å². The largest absolute Gasteiger partial charge is 0.497 e. The third-order valence-corrected chi connectivity index (χ3v) is 6.90. The van der Waals surface area contributed by atoms with E-state index >= 15 is 0 Å². The quantitative estimate of drug-likeness (QED) is 0.470. The zero-order valence-electron chi connectivity index (χ0n) is 20.6. The van der Waals surface area contributed by atoms with Gasteiger partial charge >= 0.3 is 6.03 Å². The number of fused-ring (bicyclic) bond motifs is 2. The van der Waals surface area contributed by atoms with Crippen molar-refractivity contribution in [1.82, 2.24) is 4.90 Å². The highest BCUT2D eigenvalue weighted by Gasteiger charge is 2.36. The van der Waals surface area contributed by atoms with Gasteiger partial charge in [0.2, 0.25) is 0 Å². The molecule has 1 heterocycles. The Kier molecular flexibility index (Phi) is 6.80. The van der Waals surface area contributed by atoms with E-state index in [0.717, 1.165) is 24.8 Å². The monoisotopic (exact) mass is 485 g/mol. The van der Waals surface area contributed by atoms with E-state index in [9.17, 15) is 9.59 Å². The number of amides is 3. The fraction of sp³-hybridized carbons (Fsp3) is 0.310. The molecular weight excluding hydrogens is 454 g/mol. The summed E-state index contributed by atoms with van der Waals surface area (Å²) >= 11 is 0. The summed E-state index contributed by atoms with van der Waals surface area (Å²) in [6.45, 7) is 2.40. The van der Waals surface area contributed by atoms with Crippen molar-refractivity contribution >= 4 is 23.3 Å². The molecule has 7 nitrogen and oxygen atoms in total. The van der Waals surface area contributed by atoms with Gasteiger partial charge in [-0.25, -0.2) is 4.79 Å². The maximum atomic E-state index is 13.6. The van der Waals surface area contributed by atoms with E-state index in [0.29, 0.717) is 35.8 Å². The van der Waals surface area contributed by atoms with Gasteiger partial charge < -0.3 is 25.0 Å². The summed E-state index contributed by atoms with van der Waals surface area (Å²) in [4.78, 5) is 28.2. The van der Waals surface area contributed by atoms with Gasteiger partial charge in [0.15, 0.2) is 6.10 Å². The maximum Gasteiger partial charge on any atom is 0.323 e. The zero-order chi connectivity index (χ0) is 25.1. The lowest BCUT2D eigenvalue weighted by Crippen LogP contribution is -2.42. The molecule has 0 fully saturated rings. The number of methoxy groups -OCH3 is 1. The number of nitrogens with zero attached hydrogens (tertiary/aromatic N) is 1. The number of carbonyl (C=O) groups is 2. The molecule has 0 aromatic heterocycles. The molecular formula is C29H31N3O4. The normalized spacial score (nSPS) is 18.8. The number of benzene rings is 3. The summed E-state index contributed by atoms with van der Waals surface area (Å²) in [7, 11) is 1.58. The van der Waals surface area contributed by atoms with Crippen LogP contribution in [0.4, 0.5) is 16.2 Å². The summed E-state index contributed by atoms with van der Waals surface area (Å²) < 4.78 is 11.4. The van der Waals surface area contributed by atoms with Crippen LogP contribution < -0.4 is 20.1 Å². The molecule has 0 unspecified atom stereocenters. The van der Waals surface area contributed by atoms with Crippen molar-refractivity contribution in [2.24, 2.45) is 0 Å². The van der Waals surface area contributed by atoms with Crippen LogP contribution in [-0.4, -0.2) is 30.1 Å². The first-order chi connectivity index (χ1) is 17.6. The number of rotatable bonds is 5. The number of hydrogen-bond acceptors (Lipinski definition) is 4. The first-order valence-corrected chi connectivity index (χ1v) is 12.5. The van der Waals surface area contributed by atoms with Gasteiger partial charge in [-0.3, -0.25) is 4.79 Å². The van der Waals surface area contributed by atoms with Crippen LogP contribution in [0, 0.1) is 0 Å². The number of carbonyl (C=O) groups excluding carboxylic acids is 2. The maximum absolute atomic E-state index is 13.6. The third kappa shape index (κ3) is 4.87. The van der Waals surface area contributed by atoms with Crippen molar-refractivity contribution < 1.29 is 19.1 Å². The molecule has 0 radical (unpaired) electrons. The molecule has 0 saturated carbocycles. The lowest BCUT2D eigenvalue weighted by molar-refractivity contribution is -0.141. The Morgan fingerprint density at radius 1 is 1.03 bits per heavy atom. The third-order valence-electron chi connectivity index (χ3n) is 6.90. The minimum atomic E-state index is -0.532. The molecule has 1 aliphatic heterocycles. The minimum Gasteiger partial charge on any atom is -0.497 e. The second kappa shape index (κ2) is 10.3. The Morgan fingerprint density at radius 2 is 1.83 bits per heavy atom. The summed E-state index contributed by atoms with van der Waals surface area (Å²) in [5.41, 5.74) is 4.67. The van der Waals surface area contributed by atoms with E-state index in [1.165, 1.54) is 11.1 Å². The first kappa shape index (κ1) is 23.7. The number of nitrogens with one attached hydrogen (secondary N) is 2. The highest BCUT2D eigenvalue weighted by atomic mass is 16.5. The van der Waals surface area contributed by atoms with Crippen LogP contribution in [0.3, 0.4) is 0 Å². The molecule has 0 saturated heterocycles. The standard InChI is InChI=1S/C29H31N3O4/c1-3-26-28(33)32(25-13-6-9-19-8-4-5-12-24(19)25)18-20-16-22(14-15-27(20)36-26)31-29(34)30-21-10-7-11-23(17-21)35-2/h4-5,7-8,10-12,14-17,25-26H,3,6,9,13,18H2,1-2H3,(H2,30,31,34)/t25-,26-/m1/s1. The minimum absolute atomic E-state index is 0.0130. The molecule has 2 atom stereocenters. The molecule has 5 rings (SSSR count). The smallest absolute Gasteiger partial charge is 0.323 e. The van der Waals surface area contributed by atoms with E-state index < -0.39 is 6.10 Å². The van der Waals surface area contributed by atoms with Crippen molar-refractivity contribution in [2.75, 3.05) is 17.7 Å². The molecule has 3 aromatic carbocycles. The number of hydrogen-bond donors (Lipinski definition) is 2. The van der Waals surface area contributed by atoms with E-state index in [4.69, 9.17) is 9.47 Å². The summed E-state index contributed by atoms with van der Waals surface area (Å²) in [5, 5.41) is 5.72. The van der Waals surface area contributed by atoms with Gasteiger partial charge in [0, 0.05) is 23.0 Å². The van der Waals surface area contributed by atoms with Crippen LogP contribution in [0.5, 0.6) is 11.5 Å². The van der Waals surface area contributed by atoms with Gasteiger partial charge in [-0.05, 0) is 67.1 Å². The summed E-state index contributed by atoms with van der Waals surface area (Å²) in [5.74, 6) is 1.36. The molecule has 3 aromatic rings. The second-order valence-electron chi connectivity index (χ2n) is 9.22. The van der Waals surface area contributed by atoms with Gasteiger partial charge in [0.1, 0.15) is 11.5 Å². The Hall–Kier alpha value is -4.00. The van der Waals surface area contributed by atoms with Gasteiger partial charge in [0.25, 0.3) is 5.91 Å². The van der Waals surface area contributed by atoms with Gasteiger partial charge in [-0.1, -0.05) is 37.3 Å². The lowest BCUT2D eigenvalue weighted by atomic mass is 9.86. The average Bonchev–Trinajstić information content (AvgIpc) is 3.04.